The van der Waals surface area contributed by atoms with Crippen LogP contribution < -0.4 is 4.90 Å². The molecule has 26 heavy (non-hydrogen) atoms. The molecule has 2 amide bonds. The molecular formula is C19H21ClN4O2. The highest BCUT2D eigenvalue weighted by Gasteiger charge is 2.36. The number of benzene rings is 1. The van der Waals surface area contributed by atoms with Crippen molar-refractivity contribution in [2.24, 2.45) is 0 Å². The number of aromatic nitrogens is 2. The molecule has 1 aromatic heterocycles. The maximum absolute atomic E-state index is 12.8. The van der Waals surface area contributed by atoms with Crippen molar-refractivity contribution in [3.05, 3.63) is 53.3 Å². The molecule has 0 radical (unpaired) electrons. The molecule has 0 saturated carbocycles. The summed E-state index contributed by atoms with van der Waals surface area (Å²) < 4.78 is 0. The van der Waals surface area contributed by atoms with Crippen molar-refractivity contribution in [2.45, 2.75) is 32.2 Å². The van der Waals surface area contributed by atoms with Gasteiger partial charge in [0.15, 0.2) is 5.69 Å². The molecule has 7 heteroatoms. The van der Waals surface area contributed by atoms with Gasteiger partial charge in [-0.05, 0) is 36.8 Å². The van der Waals surface area contributed by atoms with Crippen LogP contribution in [-0.4, -0.2) is 46.0 Å². The third kappa shape index (κ3) is 4.02. The Morgan fingerprint density at radius 1 is 1.31 bits per heavy atom. The first-order valence-corrected chi connectivity index (χ1v) is 9.12. The van der Waals surface area contributed by atoms with Crippen LogP contribution >= 0.6 is 11.6 Å². The normalized spacial score (nSPS) is 17.5. The van der Waals surface area contributed by atoms with Gasteiger partial charge in [0.05, 0.1) is 6.04 Å². The number of carbonyl (C=O) groups is 2. The van der Waals surface area contributed by atoms with Gasteiger partial charge in [-0.2, -0.15) is 5.10 Å². The van der Waals surface area contributed by atoms with Crippen molar-refractivity contribution in [3.63, 3.8) is 0 Å². The Morgan fingerprint density at radius 2 is 2.15 bits per heavy atom. The summed E-state index contributed by atoms with van der Waals surface area (Å²) in [6.45, 7) is 2.58. The van der Waals surface area contributed by atoms with E-state index in [-0.39, 0.29) is 30.1 Å². The summed E-state index contributed by atoms with van der Waals surface area (Å²) in [6, 6.07) is 10.5. The van der Waals surface area contributed by atoms with E-state index in [0.29, 0.717) is 11.6 Å². The Morgan fingerprint density at radius 3 is 2.85 bits per heavy atom. The molecule has 1 aliphatic rings. The number of unbranched alkanes of at least 4 members (excludes halogenated alkanes) is 1. The maximum atomic E-state index is 12.8. The minimum absolute atomic E-state index is 0.0241. The summed E-state index contributed by atoms with van der Waals surface area (Å²) in [5, 5.41) is 8.25. The average molecular weight is 373 g/mol. The fourth-order valence-electron chi connectivity index (χ4n) is 3.15. The fraction of sp³-hybridized carbons (Fsp3) is 0.368. The molecule has 1 fully saturated rings. The minimum atomic E-state index is -0.252. The second-order valence-electron chi connectivity index (χ2n) is 6.32. The Kier molecular flexibility index (Phi) is 5.83. The first-order chi connectivity index (χ1) is 12.6. The summed E-state index contributed by atoms with van der Waals surface area (Å²) in [4.78, 5) is 28.9. The van der Waals surface area contributed by atoms with Crippen molar-refractivity contribution in [1.82, 2.24) is 15.1 Å². The van der Waals surface area contributed by atoms with E-state index in [4.69, 9.17) is 11.6 Å². The number of carbonyl (C=O) groups excluding carboxylic acids is 2. The van der Waals surface area contributed by atoms with Crippen LogP contribution in [0.2, 0.25) is 5.02 Å². The lowest BCUT2D eigenvalue weighted by Gasteiger charge is -2.41. The largest absolute Gasteiger partial charge is 0.323 e. The zero-order valence-corrected chi connectivity index (χ0v) is 15.4. The van der Waals surface area contributed by atoms with Crippen molar-refractivity contribution in [3.8, 4) is 0 Å². The van der Waals surface area contributed by atoms with E-state index < -0.39 is 0 Å². The first-order valence-electron chi connectivity index (χ1n) is 8.74. The Labute approximate surface area is 157 Å². The standard InChI is InChI=1S/C19H21ClN4O2/c1-2-3-7-16-12-23(15-8-4-6-14(20)11-15)18(25)13-24(16)19(26)17-9-5-10-21-22-17/h4-6,8-11,16H,2-3,7,12-13H2,1H3. The van der Waals surface area contributed by atoms with E-state index in [1.807, 2.05) is 12.1 Å². The average Bonchev–Trinajstić information content (AvgIpc) is 2.67. The summed E-state index contributed by atoms with van der Waals surface area (Å²) in [6.07, 6.45) is 4.35. The number of anilines is 1. The molecule has 1 aromatic carbocycles. The van der Waals surface area contributed by atoms with Gasteiger partial charge in [-0.1, -0.05) is 37.4 Å². The fourth-order valence-corrected chi connectivity index (χ4v) is 3.34. The number of amides is 2. The lowest BCUT2D eigenvalue weighted by Crippen LogP contribution is -2.58. The van der Waals surface area contributed by atoms with Gasteiger partial charge in [0.25, 0.3) is 5.91 Å². The summed E-state index contributed by atoms with van der Waals surface area (Å²) in [5.41, 5.74) is 1.02. The van der Waals surface area contributed by atoms with Gasteiger partial charge in [-0.25, -0.2) is 0 Å². The molecule has 136 valence electrons. The Balaban J connectivity index is 1.85. The zero-order valence-electron chi connectivity index (χ0n) is 14.6. The number of hydrogen-bond donors (Lipinski definition) is 0. The van der Waals surface area contributed by atoms with E-state index in [1.165, 1.54) is 6.20 Å². The highest BCUT2D eigenvalue weighted by molar-refractivity contribution is 6.30. The number of halogens is 1. The number of rotatable bonds is 5. The van der Waals surface area contributed by atoms with Gasteiger partial charge >= 0.3 is 0 Å². The van der Waals surface area contributed by atoms with Crippen LogP contribution in [0.4, 0.5) is 5.69 Å². The van der Waals surface area contributed by atoms with Gasteiger partial charge in [0, 0.05) is 23.5 Å². The molecular weight excluding hydrogens is 352 g/mol. The van der Waals surface area contributed by atoms with E-state index in [2.05, 4.69) is 17.1 Å². The Hall–Kier alpha value is -2.47. The number of nitrogens with zero attached hydrogens (tertiary/aromatic N) is 4. The van der Waals surface area contributed by atoms with Crippen molar-refractivity contribution in [1.29, 1.82) is 0 Å². The van der Waals surface area contributed by atoms with E-state index in [9.17, 15) is 9.59 Å². The minimum Gasteiger partial charge on any atom is -0.323 e. The second kappa shape index (κ2) is 8.27. The predicted octanol–water partition coefficient (Wildman–Crippen LogP) is 3.18. The molecule has 3 rings (SSSR count). The van der Waals surface area contributed by atoms with Crippen molar-refractivity contribution < 1.29 is 9.59 Å². The van der Waals surface area contributed by atoms with Gasteiger partial charge in [-0.3, -0.25) is 9.59 Å². The molecule has 1 saturated heterocycles. The highest BCUT2D eigenvalue weighted by Crippen LogP contribution is 2.25. The molecule has 1 aliphatic heterocycles. The molecule has 1 atom stereocenters. The second-order valence-corrected chi connectivity index (χ2v) is 6.76. The lowest BCUT2D eigenvalue weighted by molar-refractivity contribution is -0.121. The van der Waals surface area contributed by atoms with Crippen molar-refractivity contribution in [2.75, 3.05) is 18.0 Å². The van der Waals surface area contributed by atoms with Gasteiger partial charge < -0.3 is 9.80 Å². The van der Waals surface area contributed by atoms with Crippen LogP contribution in [0.1, 0.15) is 36.7 Å². The van der Waals surface area contributed by atoms with Gasteiger partial charge in [0.1, 0.15) is 6.54 Å². The van der Waals surface area contributed by atoms with Crippen LogP contribution in [-0.2, 0) is 4.79 Å². The van der Waals surface area contributed by atoms with Gasteiger partial charge in [0.2, 0.25) is 5.91 Å². The maximum Gasteiger partial charge on any atom is 0.275 e. The number of hydrogen-bond acceptors (Lipinski definition) is 4. The highest BCUT2D eigenvalue weighted by atomic mass is 35.5. The summed E-state index contributed by atoms with van der Waals surface area (Å²) in [7, 11) is 0. The molecule has 6 nitrogen and oxygen atoms in total. The quantitative estimate of drug-likeness (QED) is 0.808. The molecule has 2 heterocycles. The summed E-state index contributed by atoms with van der Waals surface area (Å²) in [5.74, 6) is -0.379. The van der Waals surface area contributed by atoms with Crippen molar-refractivity contribution >= 4 is 29.1 Å². The molecule has 1 unspecified atom stereocenters. The lowest BCUT2D eigenvalue weighted by atomic mass is 10.0. The van der Waals surface area contributed by atoms with Crippen LogP contribution in [0.15, 0.2) is 42.6 Å². The van der Waals surface area contributed by atoms with E-state index in [0.717, 1.165) is 24.9 Å². The third-order valence-corrected chi connectivity index (χ3v) is 4.74. The smallest absolute Gasteiger partial charge is 0.275 e. The molecule has 2 aromatic rings. The summed E-state index contributed by atoms with van der Waals surface area (Å²) >= 11 is 6.07. The first kappa shape index (κ1) is 18.3. The zero-order chi connectivity index (χ0) is 18.5. The number of piperazine rings is 1. The topological polar surface area (TPSA) is 66.4 Å². The molecule has 0 bridgehead atoms. The predicted molar refractivity (Wildman–Crippen MR) is 100 cm³/mol. The van der Waals surface area contributed by atoms with Crippen LogP contribution in [0.3, 0.4) is 0 Å². The molecule has 0 aliphatic carbocycles. The monoisotopic (exact) mass is 372 g/mol. The third-order valence-electron chi connectivity index (χ3n) is 4.50. The van der Waals surface area contributed by atoms with Crippen LogP contribution in [0, 0.1) is 0 Å². The SMILES string of the molecule is CCCCC1CN(c2cccc(Cl)c2)C(=O)CN1C(=O)c1cccnn1. The van der Waals surface area contributed by atoms with Gasteiger partial charge in [-0.15, -0.1) is 5.10 Å². The molecule has 0 spiro atoms. The van der Waals surface area contributed by atoms with Crippen LogP contribution in [0.5, 0.6) is 0 Å². The molecule has 0 N–H and O–H groups in total. The van der Waals surface area contributed by atoms with Crippen LogP contribution in [0.25, 0.3) is 0 Å². The Bertz CT molecular complexity index is 784. The van der Waals surface area contributed by atoms with E-state index >= 15 is 0 Å². The van der Waals surface area contributed by atoms with E-state index in [1.54, 1.807) is 34.1 Å².